The van der Waals surface area contributed by atoms with Gasteiger partial charge in [-0.2, -0.15) is 0 Å². The molecule has 1 aromatic carbocycles. The minimum absolute atomic E-state index is 0.693. The van der Waals surface area contributed by atoms with E-state index in [4.69, 9.17) is 4.74 Å². The Morgan fingerprint density at radius 1 is 1.36 bits per heavy atom. The van der Waals surface area contributed by atoms with Gasteiger partial charge in [-0.05, 0) is 38.8 Å². The lowest BCUT2D eigenvalue weighted by atomic mass is 9.88. The van der Waals surface area contributed by atoms with Crippen molar-refractivity contribution in [2.24, 2.45) is 4.99 Å². The maximum atomic E-state index is 10.8. The summed E-state index contributed by atoms with van der Waals surface area (Å²) in [5, 5.41) is 10.8. The van der Waals surface area contributed by atoms with Crippen LogP contribution in [0.2, 0.25) is 0 Å². The first-order valence-electron chi connectivity index (χ1n) is 8.01. The van der Waals surface area contributed by atoms with Gasteiger partial charge >= 0.3 is 0 Å². The third kappa shape index (κ3) is 4.73. The van der Waals surface area contributed by atoms with Gasteiger partial charge in [0.2, 0.25) is 0 Å². The first-order chi connectivity index (χ1) is 10.4. The monoisotopic (exact) mass is 306 g/mol. The Hall–Kier alpha value is -1.55. The summed E-state index contributed by atoms with van der Waals surface area (Å²) >= 11 is 0. The Morgan fingerprint density at radius 3 is 2.59 bits per heavy atom. The molecule has 4 nitrogen and oxygen atoms in total. The zero-order valence-corrected chi connectivity index (χ0v) is 14.8. The molecule has 0 fully saturated rings. The number of aliphatic imine (C=N–C) groups is 1. The van der Waals surface area contributed by atoms with Gasteiger partial charge in [-0.25, -0.2) is 4.99 Å². The Kier molecular flexibility index (Phi) is 6.88. The van der Waals surface area contributed by atoms with Gasteiger partial charge in [-0.15, -0.1) is 0 Å². The number of aryl methyl sites for hydroxylation is 1. The van der Waals surface area contributed by atoms with Gasteiger partial charge in [0.15, 0.2) is 0 Å². The Labute approximate surface area is 134 Å². The summed E-state index contributed by atoms with van der Waals surface area (Å²) in [4.78, 5) is 6.52. The molecule has 0 aliphatic heterocycles. The number of methoxy groups -OCH3 is 1. The molecule has 0 spiro atoms. The van der Waals surface area contributed by atoms with Crippen molar-refractivity contribution >= 4 is 12.0 Å². The van der Waals surface area contributed by atoms with Gasteiger partial charge in [0.25, 0.3) is 0 Å². The van der Waals surface area contributed by atoms with Crippen molar-refractivity contribution in [3.63, 3.8) is 0 Å². The van der Waals surface area contributed by atoms with E-state index in [0.717, 1.165) is 42.6 Å². The summed E-state index contributed by atoms with van der Waals surface area (Å²) in [6, 6.07) is 3.90. The summed E-state index contributed by atoms with van der Waals surface area (Å²) in [5.74, 6) is 0.693. The van der Waals surface area contributed by atoms with E-state index in [9.17, 15) is 5.11 Å². The highest BCUT2D eigenvalue weighted by atomic mass is 16.5. The van der Waals surface area contributed by atoms with Crippen LogP contribution in [0.1, 0.15) is 51.2 Å². The summed E-state index contributed by atoms with van der Waals surface area (Å²) in [6.07, 6.45) is 4.58. The molecule has 0 bridgehead atoms. The highest BCUT2D eigenvalue weighted by molar-refractivity contribution is 5.65. The average molecular weight is 306 g/mol. The van der Waals surface area contributed by atoms with E-state index < -0.39 is 5.60 Å². The van der Waals surface area contributed by atoms with E-state index in [1.54, 1.807) is 7.11 Å². The minimum Gasteiger partial charge on any atom is -0.496 e. The van der Waals surface area contributed by atoms with Crippen LogP contribution in [0, 0.1) is 6.92 Å². The van der Waals surface area contributed by atoms with Crippen LogP contribution in [0.25, 0.3) is 0 Å². The molecule has 0 heterocycles. The lowest BCUT2D eigenvalue weighted by Gasteiger charge is -2.26. The molecule has 0 radical (unpaired) electrons. The van der Waals surface area contributed by atoms with Crippen LogP contribution in [0.3, 0.4) is 0 Å². The van der Waals surface area contributed by atoms with Gasteiger partial charge in [-0.3, -0.25) is 0 Å². The lowest BCUT2D eigenvalue weighted by Crippen LogP contribution is -2.22. The number of nitrogens with zero attached hydrogens (tertiary/aromatic N) is 2. The van der Waals surface area contributed by atoms with Gasteiger partial charge in [0.1, 0.15) is 5.75 Å². The van der Waals surface area contributed by atoms with Gasteiger partial charge in [0.05, 0.1) is 24.7 Å². The molecule has 0 aromatic heterocycles. The van der Waals surface area contributed by atoms with Gasteiger partial charge < -0.3 is 14.7 Å². The zero-order valence-electron chi connectivity index (χ0n) is 14.8. The predicted octanol–water partition coefficient (Wildman–Crippen LogP) is 4.01. The van der Waals surface area contributed by atoms with Crippen molar-refractivity contribution < 1.29 is 9.84 Å². The zero-order chi connectivity index (χ0) is 16.8. The Balaban J connectivity index is 3.17. The van der Waals surface area contributed by atoms with Crippen molar-refractivity contribution in [3.05, 3.63) is 23.3 Å². The highest BCUT2D eigenvalue weighted by Gasteiger charge is 2.27. The molecule has 1 N–H and O–H groups in total. The molecule has 0 aliphatic rings. The molecule has 1 aromatic rings. The maximum Gasteiger partial charge on any atom is 0.127 e. The Bertz CT molecular complexity index is 510. The van der Waals surface area contributed by atoms with Crippen LogP contribution in [0.5, 0.6) is 5.75 Å². The Morgan fingerprint density at radius 2 is 2.05 bits per heavy atom. The molecule has 0 saturated heterocycles. The number of aliphatic hydroxyl groups is 1. The number of hydrogen-bond acceptors (Lipinski definition) is 3. The fraction of sp³-hybridized carbons (Fsp3) is 0.611. The molecular formula is C18H30N2O2. The first-order valence-corrected chi connectivity index (χ1v) is 8.01. The van der Waals surface area contributed by atoms with Crippen molar-refractivity contribution in [1.29, 1.82) is 0 Å². The fourth-order valence-electron chi connectivity index (χ4n) is 2.30. The summed E-state index contributed by atoms with van der Waals surface area (Å²) in [5.41, 5.74) is 1.86. The van der Waals surface area contributed by atoms with Crippen molar-refractivity contribution in [1.82, 2.24) is 4.90 Å². The van der Waals surface area contributed by atoms with Crippen LogP contribution in [-0.4, -0.2) is 37.0 Å². The fourth-order valence-corrected chi connectivity index (χ4v) is 2.30. The van der Waals surface area contributed by atoms with Crippen molar-refractivity contribution in [3.8, 4) is 5.75 Å². The largest absolute Gasteiger partial charge is 0.496 e. The molecule has 0 saturated carbocycles. The number of unbranched alkanes of at least 4 members (excludes halogenated alkanes) is 1. The van der Waals surface area contributed by atoms with Crippen LogP contribution in [0.15, 0.2) is 17.1 Å². The van der Waals surface area contributed by atoms with Crippen LogP contribution < -0.4 is 4.74 Å². The van der Waals surface area contributed by atoms with E-state index in [1.165, 1.54) is 0 Å². The van der Waals surface area contributed by atoms with E-state index in [-0.39, 0.29) is 0 Å². The third-order valence-corrected chi connectivity index (χ3v) is 4.01. The number of benzene rings is 1. The van der Waals surface area contributed by atoms with E-state index in [1.807, 2.05) is 44.3 Å². The van der Waals surface area contributed by atoms with Crippen LogP contribution >= 0.6 is 0 Å². The normalized spacial score (nSPS) is 14.1. The average Bonchev–Trinajstić information content (AvgIpc) is 2.51. The molecule has 0 amide bonds. The van der Waals surface area contributed by atoms with Gasteiger partial charge in [-0.1, -0.05) is 19.8 Å². The molecule has 22 heavy (non-hydrogen) atoms. The maximum absolute atomic E-state index is 10.8. The quantitative estimate of drug-likeness (QED) is 0.583. The van der Waals surface area contributed by atoms with Crippen LogP contribution in [0.4, 0.5) is 5.69 Å². The SMILES string of the molecule is CCCCC(C)(O)c1cc(C)c(N=CN(C)CC)cc1OC. The molecule has 4 heteroatoms. The summed E-state index contributed by atoms with van der Waals surface area (Å²) in [6.45, 7) is 8.98. The lowest BCUT2D eigenvalue weighted by molar-refractivity contribution is 0.0428. The molecular weight excluding hydrogens is 276 g/mol. The molecule has 1 unspecified atom stereocenters. The molecule has 1 atom stereocenters. The molecule has 0 aliphatic carbocycles. The predicted molar refractivity (Wildman–Crippen MR) is 93.3 cm³/mol. The van der Waals surface area contributed by atoms with Crippen molar-refractivity contribution in [2.75, 3.05) is 20.7 Å². The third-order valence-electron chi connectivity index (χ3n) is 4.01. The second-order valence-corrected chi connectivity index (χ2v) is 6.03. The smallest absolute Gasteiger partial charge is 0.127 e. The summed E-state index contributed by atoms with van der Waals surface area (Å²) < 4.78 is 5.49. The van der Waals surface area contributed by atoms with Crippen LogP contribution in [-0.2, 0) is 5.60 Å². The van der Waals surface area contributed by atoms with E-state index in [2.05, 4.69) is 18.8 Å². The molecule has 1 rings (SSSR count). The second kappa shape index (κ2) is 8.18. The number of ether oxygens (including phenoxy) is 1. The number of rotatable bonds is 8. The first kappa shape index (κ1) is 18.5. The topological polar surface area (TPSA) is 45.1 Å². The van der Waals surface area contributed by atoms with Gasteiger partial charge in [0, 0.05) is 25.2 Å². The highest BCUT2D eigenvalue weighted by Crippen LogP contribution is 2.38. The van der Waals surface area contributed by atoms with Crippen molar-refractivity contribution in [2.45, 2.75) is 52.6 Å². The second-order valence-electron chi connectivity index (χ2n) is 6.03. The molecule has 124 valence electrons. The van der Waals surface area contributed by atoms with E-state index >= 15 is 0 Å². The minimum atomic E-state index is -0.880. The summed E-state index contributed by atoms with van der Waals surface area (Å²) in [7, 11) is 3.62. The standard InChI is InChI=1S/C18H30N2O2/c1-7-9-10-18(4,21)15-11-14(3)16(12-17(15)22-6)19-13-20(5)8-2/h11-13,21H,7-10H2,1-6H3. The van der Waals surface area contributed by atoms with E-state index in [0.29, 0.717) is 5.75 Å². The number of hydrogen-bond donors (Lipinski definition) is 1.